The van der Waals surface area contributed by atoms with Crippen molar-refractivity contribution in [2.24, 2.45) is 0 Å². The first kappa shape index (κ1) is 12.9. The molecule has 0 aliphatic rings. The van der Waals surface area contributed by atoms with E-state index in [0.29, 0.717) is 17.9 Å². The normalized spacial score (nSPS) is 12.2. The van der Waals surface area contributed by atoms with E-state index in [1.165, 1.54) is 0 Å². The van der Waals surface area contributed by atoms with Crippen LogP contribution in [-0.4, -0.2) is 19.3 Å². The Hall–Kier alpha value is -1.52. The van der Waals surface area contributed by atoms with E-state index in [4.69, 9.17) is 9.47 Å². The number of thiophene rings is 1. The van der Waals surface area contributed by atoms with Crippen LogP contribution in [0.5, 0.6) is 11.5 Å². The predicted molar refractivity (Wildman–Crippen MR) is 72.5 cm³/mol. The Bertz CT molecular complexity index is 494. The van der Waals surface area contributed by atoms with Gasteiger partial charge >= 0.3 is 0 Å². The topological polar surface area (TPSA) is 38.7 Å². The molecule has 0 aliphatic carbocycles. The number of rotatable bonds is 5. The minimum atomic E-state index is -0.525. The Morgan fingerprint density at radius 2 is 1.94 bits per heavy atom. The van der Waals surface area contributed by atoms with E-state index in [-0.39, 0.29) is 0 Å². The van der Waals surface area contributed by atoms with Crippen molar-refractivity contribution >= 4 is 11.3 Å². The van der Waals surface area contributed by atoms with Crippen LogP contribution in [0, 0.1) is 0 Å². The molecular formula is C14H16O3S. The molecule has 0 fully saturated rings. The molecule has 0 aliphatic heterocycles. The minimum absolute atomic E-state index is 0.525. The van der Waals surface area contributed by atoms with Crippen LogP contribution in [0.3, 0.4) is 0 Å². The van der Waals surface area contributed by atoms with Gasteiger partial charge in [-0.3, -0.25) is 0 Å². The maximum atomic E-state index is 10.2. The Morgan fingerprint density at radius 3 is 2.56 bits per heavy atom. The third kappa shape index (κ3) is 2.83. The molecule has 0 saturated heterocycles. The zero-order valence-corrected chi connectivity index (χ0v) is 11.2. The minimum Gasteiger partial charge on any atom is -0.493 e. The quantitative estimate of drug-likeness (QED) is 0.902. The average molecular weight is 264 g/mol. The van der Waals surface area contributed by atoms with Crippen molar-refractivity contribution in [3.05, 3.63) is 46.2 Å². The van der Waals surface area contributed by atoms with Gasteiger partial charge in [0.1, 0.15) is 0 Å². The van der Waals surface area contributed by atoms with E-state index in [1.807, 2.05) is 35.7 Å². The third-order valence-electron chi connectivity index (χ3n) is 2.77. The zero-order chi connectivity index (χ0) is 13.0. The molecule has 1 heterocycles. The molecule has 1 aromatic carbocycles. The van der Waals surface area contributed by atoms with Crippen LogP contribution in [0.15, 0.2) is 35.7 Å². The van der Waals surface area contributed by atoms with E-state index in [1.54, 1.807) is 25.6 Å². The molecule has 0 saturated carbocycles. The smallest absolute Gasteiger partial charge is 0.161 e. The van der Waals surface area contributed by atoms with E-state index >= 15 is 0 Å². The van der Waals surface area contributed by atoms with Crippen LogP contribution in [0.2, 0.25) is 0 Å². The van der Waals surface area contributed by atoms with Crippen molar-refractivity contribution in [2.45, 2.75) is 12.5 Å². The van der Waals surface area contributed by atoms with Crippen molar-refractivity contribution in [1.29, 1.82) is 0 Å². The molecule has 0 bridgehead atoms. The van der Waals surface area contributed by atoms with Gasteiger partial charge in [0.25, 0.3) is 0 Å². The lowest BCUT2D eigenvalue weighted by atomic mass is 10.1. The fourth-order valence-corrected chi connectivity index (χ4v) is 2.54. The molecule has 18 heavy (non-hydrogen) atoms. The largest absolute Gasteiger partial charge is 0.493 e. The summed E-state index contributed by atoms with van der Waals surface area (Å²) in [6.45, 7) is 0. The van der Waals surface area contributed by atoms with Gasteiger partial charge in [0.05, 0.1) is 20.3 Å². The molecule has 3 nitrogen and oxygen atoms in total. The molecule has 1 aromatic heterocycles. The van der Waals surface area contributed by atoms with Gasteiger partial charge in [0.15, 0.2) is 11.5 Å². The number of hydrogen-bond donors (Lipinski definition) is 1. The number of aliphatic hydroxyl groups excluding tert-OH is 1. The van der Waals surface area contributed by atoms with Crippen LogP contribution >= 0.6 is 11.3 Å². The summed E-state index contributed by atoms with van der Waals surface area (Å²) in [7, 11) is 3.19. The lowest BCUT2D eigenvalue weighted by Crippen LogP contribution is -2.01. The molecule has 0 spiro atoms. The zero-order valence-electron chi connectivity index (χ0n) is 10.4. The highest BCUT2D eigenvalue weighted by Crippen LogP contribution is 2.31. The Labute approximate surface area is 111 Å². The molecule has 1 N–H and O–H groups in total. The average Bonchev–Trinajstić information content (AvgIpc) is 2.90. The van der Waals surface area contributed by atoms with E-state index in [9.17, 15) is 5.11 Å². The molecular weight excluding hydrogens is 248 g/mol. The molecule has 0 amide bonds. The Kier molecular flexibility index (Phi) is 4.23. The summed E-state index contributed by atoms with van der Waals surface area (Å²) in [5, 5.41) is 12.2. The lowest BCUT2D eigenvalue weighted by Gasteiger charge is -2.13. The molecule has 2 aromatic rings. The van der Waals surface area contributed by atoms with Crippen molar-refractivity contribution in [2.75, 3.05) is 14.2 Å². The summed E-state index contributed by atoms with van der Waals surface area (Å²) in [6, 6.07) is 9.50. The first-order valence-electron chi connectivity index (χ1n) is 5.67. The summed E-state index contributed by atoms with van der Waals surface area (Å²) in [5.74, 6) is 1.31. The van der Waals surface area contributed by atoms with E-state index in [2.05, 4.69) is 0 Å². The van der Waals surface area contributed by atoms with Gasteiger partial charge in [-0.05, 0) is 29.1 Å². The number of ether oxygens (including phenoxy) is 2. The summed E-state index contributed by atoms with van der Waals surface area (Å²) in [5.41, 5.74) is 0.834. The molecule has 1 atom stereocenters. The van der Waals surface area contributed by atoms with Gasteiger partial charge in [-0.1, -0.05) is 12.1 Å². The van der Waals surface area contributed by atoms with Crippen molar-refractivity contribution in [1.82, 2.24) is 0 Å². The van der Waals surface area contributed by atoms with Gasteiger partial charge in [-0.25, -0.2) is 0 Å². The summed E-state index contributed by atoms with van der Waals surface area (Å²) < 4.78 is 10.4. The van der Waals surface area contributed by atoms with Crippen LogP contribution in [0.1, 0.15) is 16.5 Å². The first-order valence-corrected chi connectivity index (χ1v) is 6.55. The highest BCUT2D eigenvalue weighted by atomic mass is 32.1. The highest BCUT2D eigenvalue weighted by Gasteiger charge is 2.12. The molecule has 4 heteroatoms. The molecule has 1 unspecified atom stereocenters. The van der Waals surface area contributed by atoms with Crippen LogP contribution in [0.25, 0.3) is 0 Å². The summed E-state index contributed by atoms with van der Waals surface area (Å²) in [4.78, 5) is 1.16. The second-order valence-corrected chi connectivity index (χ2v) is 4.95. The summed E-state index contributed by atoms with van der Waals surface area (Å²) in [6.07, 6.45) is 0.0936. The standard InChI is InChI=1S/C14H16O3S/c1-16-13-6-5-10(8-14(13)17-2)12(15)9-11-4-3-7-18-11/h3-8,12,15H,9H2,1-2H3. The van der Waals surface area contributed by atoms with Gasteiger partial charge in [-0.15, -0.1) is 11.3 Å². The van der Waals surface area contributed by atoms with Crippen LogP contribution < -0.4 is 9.47 Å². The summed E-state index contributed by atoms with van der Waals surface area (Å²) >= 11 is 1.65. The lowest BCUT2D eigenvalue weighted by molar-refractivity contribution is 0.179. The fraction of sp³-hybridized carbons (Fsp3) is 0.286. The SMILES string of the molecule is COc1ccc(C(O)Cc2cccs2)cc1OC. The third-order valence-corrected chi connectivity index (χ3v) is 3.67. The first-order chi connectivity index (χ1) is 8.74. The number of methoxy groups -OCH3 is 2. The van der Waals surface area contributed by atoms with Crippen molar-refractivity contribution in [3.63, 3.8) is 0 Å². The molecule has 2 rings (SSSR count). The number of aliphatic hydroxyl groups is 1. The van der Waals surface area contributed by atoms with Gasteiger partial charge in [0, 0.05) is 11.3 Å². The molecule has 96 valence electrons. The van der Waals surface area contributed by atoms with E-state index < -0.39 is 6.10 Å². The van der Waals surface area contributed by atoms with Gasteiger partial charge < -0.3 is 14.6 Å². The second kappa shape index (κ2) is 5.89. The maximum Gasteiger partial charge on any atom is 0.161 e. The molecule has 0 radical (unpaired) electrons. The second-order valence-electron chi connectivity index (χ2n) is 3.91. The fourth-order valence-electron chi connectivity index (χ4n) is 1.80. The Balaban J connectivity index is 2.17. The maximum absolute atomic E-state index is 10.2. The van der Waals surface area contributed by atoms with Crippen LogP contribution in [0.4, 0.5) is 0 Å². The van der Waals surface area contributed by atoms with Crippen molar-refractivity contribution in [3.8, 4) is 11.5 Å². The monoisotopic (exact) mass is 264 g/mol. The van der Waals surface area contributed by atoms with Crippen molar-refractivity contribution < 1.29 is 14.6 Å². The Morgan fingerprint density at radius 1 is 1.17 bits per heavy atom. The number of hydrogen-bond acceptors (Lipinski definition) is 4. The number of benzene rings is 1. The van der Waals surface area contributed by atoms with Gasteiger partial charge in [0.2, 0.25) is 0 Å². The van der Waals surface area contributed by atoms with Crippen LogP contribution in [-0.2, 0) is 6.42 Å². The van der Waals surface area contributed by atoms with E-state index in [0.717, 1.165) is 10.4 Å². The highest BCUT2D eigenvalue weighted by molar-refractivity contribution is 7.09. The van der Waals surface area contributed by atoms with Gasteiger partial charge in [-0.2, -0.15) is 0 Å². The predicted octanol–water partition coefficient (Wildman–Crippen LogP) is 3.04.